The highest BCUT2D eigenvalue weighted by Crippen LogP contribution is 2.49. The minimum Gasteiger partial charge on any atom is -0.495 e. The highest BCUT2D eigenvalue weighted by molar-refractivity contribution is 7.80. The van der Waals surface area contributed by atoms with Gasteiger partial charge in [-0.25, -0.2) is 14.4 Å². The zero-order valence-corrected chi connectivity index (χ0v) is 42.9. The molecular formula is C48H66ClN9O12S. The van der Waals surface area contributed by atoms with Crippen LogP contribution in [0, 0.1) is 11.8 Å². The van der Waals surface area contributed by atoms with E-state index in [0.717, 1.165) is 11.1 Å². The molecular weight excluding hydrogens is 962 g/mol. The van der Waals surface area contributed by atoms with Crippen LogP contribution in [0.2, 0.25) is 5.02 Å². The summed E-state index contributed by atoms with van der Waals surface area (Å²) in [6.45, 7) is 9.17. The van der Waals surface area contributed by atoms with Crippen molar-refractivity contribution in [2.45, 2.75) is 115 Å². The number of aliphatic hydroxyl groups is 1. The molecule has 23 heteroatoms. The Bertz CT molecular complexity index is 2370. The minimum atomic E-state index is -1.88. The number of thiocarbonyl (C=S) groups is 1. The Balaban J connectivity index is 1.38. The number of carbonyl (C=O) groups excluding carboxylic acids is 6. The highest BCUT2D eigenvalue weighted by Gasteiger charge is 2.64. The molecule has 0 saturated carbocycles. The number of alkyl carbamates (subject to hydrolysis) is 1. The molecule has 2 fully saturated rings. The van der Waals surface area contributed by atoms with Crippen molar-refractivity contribution in [2.24, 2.45) is 17.6 Å². The van der Waals surface area contributed by atoms with Crippen molar-refractivity contribution < 1.29 is 57.6 Å². The lowest BCUT2D eigenvalue weighted by Gasteiger charge is -2.42. The summed E-state index contributed by atoms with van der Waals surface area (Å²) >= 11 is 12.0. The first kappa shape index (κ1) is 55.7. The summed E-state index contributed by atoms with van der Waals surface area (Å²) < 4.78 is 29.3. The molecule has 0 radical (unpaired) electrons. The predicted octanol–water partition coefficient (Wildman–Crippen LogP) is 4.36. The Labute approximate surface area is 423 Å². The number of benzene rings is 2. The number of primary amides is 1. The summed E-state index contributed by atoms with van der Waals surface area (Å²) in [5, 5.41) is 31.2. The van der Waals surface area contributed by atoms with Gasteiger partial charge in [0.15, 0.2) is 10.8 Å². The summed E-state index contributed by atoms with van der Waals surface area (Å²) in [5.74, 6) is -1.96. The number of ether oxygens (including phenoxy) is 5. The van der Waals surface area contributed by atoms with Gasteiger partial charge in [-0.2, -0.15) is 0 Å². The second-order valence-corrected chi connectivity index (χ2v) is 19.1. The van der Waals surface area contributed by atoms with Gasteiger partial charge in [0.25, 0.3) is 0 Å². The third kappa shape index (κ3) is 14.5. The molecule has 21 nitrogen and oxygen atoms in total. The van der Waals surface area contributed by atoms with Crippen LogP contribution in [0.15, 0.2) is 60.2 Å². The Morgan fingerprint density at radius 3 is 2.37 bits per heavy atom. The Kier molecular flexibility index (Phi) is 19.1. The lowest BCUT2D eigenvalue weighted by molar-refractivity contribution is -0.142. The van der Waals surface area contributed by atoms with Crippen LogP contribution in [0.25, 0.3) is 0 Å². The lowest BCUT2D eigenvalue weighted by atomic mass is 9.83. The molecule has 7 amide bonds. The Morgan fingerprint density at radius 2 is 1.75 bits per heavy atom. The molecule has 3 aliphatic rings. The maximum atomic E-state index is 14.3. The first-order chi connectivity index (χ1) is 33.5. The van der Waals surface area contributed by atoms with Crippen molar-refractivity contribution in [2.75, 3.05) is 50.4 Å². The van der Waals surface area contributed by atoms with Gasteiger partial charge in [0.1, 0.15) is 46.8 Å². The fourth-order valence-electron chi connectivity index (χ4n) is 8.54. The number of hydrogen-bond donors (Lipinski definition) is 9. The average Bonchev–Trinajstić information content (AvgIpc) is 4.01. The Morgan fingerprint density at radius 1 is 1.07 bits per heavy atom. The number of allylic oxidation sites excluding steroid dienone is 3. The second-order valence-electron chi connectivity index (χ2n) is 18.3. The normalized spacial score (nSPS) is 26.3. The monoisotopic (exact) mass is 1030 g/mol. The van der Waals surface area contributed by atoms with Gasteiger partial charge in [-0.3, -0.25) is 25.0 Å². The number of epoxide rings is 1. The van der Waals surface area contributed by atoms with Crippen molar-refractivity contribution in [1.29, 1.82) is 0 Å². The quantitative estimate of drug-likeness (QED) is 0.0722. The number of nitrogens with two attached hydrogens (primary N) is 1. The van der Waals surface area contributed by atoms with E-state index in [-0.39, 0.29) is 47.5 Å². The number of carbonyl (C=O) groups is 6. The van der Waals surface area contributed by atoms with E-state index in [4.69, 9.17) is 53.2 Å². The van der Waals surface area contributed by atoms with Crippen LogP contribution in [0.1, 0.15) is 65.9 Å². The fourth-order valence-corrected chi connectivity index (χ4v) is 8.98. The van der Waals surface area contributed by atoms with Gasteiger partial charge in [0, 0.05) is 51.5 Å². The van der Waals surface area contributed by atoms with Crippen LogP contribution >= 0.6 is 23.8 Å². The molecule has 388 valence electrons. The van der Waals surface area contributed by atoms with Crippen LogP contribution < -0.4 is 52.6 Å². The average molecular weight is 1030 g/mol. The van der Waals surface area contributed by atoms with Crippen molar-refractivity contribution in [3.8, 4) is 5.75 Å². The standard InChI is InChI=1S/C48H66ClN9O12S/c1-25(2)39(56-44(71)51-6)42(61)55-31(13-11-19-52-43(50)62)41(60)53-29-15-17-30(18-16-29)54-45(63)69-36-23-37(59)58(7)32-21-28(22-33(66-8)38(32)49)20-26(3)12-10-14-35(67-9)48(65)24-34(68-46(64)57-48)27(4)40-47(36,5)70-40/h10,12,14-18,21-22,25,27,31,34-36,39-40,65H,11,13,19-20,23-24H2,1-9H3,(H,53,60)(H,54,63)(H,55,61)(H,57,64)(H3,50,52,62)(H2,51,56,71)/b14-10+,26-12+/t27-,31+,34+,35-,36+,39+,40+,47+,48+/m1/s1. The minimum absolute atomic E-state index is 0.0957. The van der Waals surface area contributed by atoms with Crippen LogP contribution in [-0.2, 0) is 39.8 Å². The van der Waals surface area contributed by atoms with E-state index in [2.05, 4.69) is 37.2 Å². The van der Waals surface area contributed by atoms with Gasteiger partial charge in [-0.1, -0.05) is 56.2 Å². The number of nitrogens with one attached hydrogen (secondary N) is 7. The lowest BCUT2D eigenvalue weighted by Crippen LogP contribution is -2.63. The zero-order chi connectivity index (χ0) is 52.4. The molecule has 2 saturated heterocycles. The van der Waals surface area contributed by atoms with E-state index in [1.165, 1.54) is 43.4 Å². The van der Waals surface area contributed by atoms with Gasteiger partial charge in [0.2, 0.25) is 17.7 Å². The van der Waals surface area contributed by atoms with Crippen molar-refractivity contribution >= 4 is 81.9 Å². The van der Waals surface area contributed by atoms with E-state index in [1.807, 2.05) is 26.8 Å². The summed E-state index contributed by atoms with van der Waals surface area (Å²) in [6.07, 6.45) is -0.0519. The molecule has 5 rings (SSSR count). The van der Waals surface area contributed by atoms with Crippen LogP contribution in [-0.4, -0.2) is 129 Å². The maximum absolute atomic E-state index is 14.3. The van der Waals surface area contributed by atoms with E-state index >= 15 is 0 Å². The van der Waals surface area contributed by atoms with Crippen LogP contribution in [0.4, 0.5) is 31.4 Å². The molecule has 0 aliphatic carbocycles. The van der Waals surface area contributed by atoms with Crippen molar-refractivity contribution in [1.82, 2.24) is 26.6 Å². The molecule has 0 spiro atoms. The van der Waals surface area contributed by atoms with E-state index < -0.39 is 89.7 Å². The third-order valence-corrected chi connectivity index (χ3v) is 13.4. The van der Waals surface area contributed by atoms with Gasteiger partial charge in [-0.15, -0.1) is 0 Å². The molecule has 0 unspecified atom stereocenters. The summed E-state index contributed by atoms with van der Waals surface area (Å²) in [7, 11) is 6.04. The van der Waals surface area contributed by atoms with Gasteiger partial charge < -0.3 is 66.0 Å². The molecule has 71 heavy (non-hydrogen) atoms. The van der Waals surface area contributed by atoms with Gasteiger partial charge in [-0.05, 0) is 93.2 Å². The first-order valence-corrected chi connectivity index (χ1v) is 23.9. The number of nitrogens with zero attached hydrogens (tertiary/aromatic N) is 1. The van der Waals surface area contributed by atoms with Crippen molar-refractivity contribution in [3.63, 3.8) is 0 Å². The van der Waals surface area contributed by atoms with Crippen molar-refractivity contribution in [3.05, 3.63) is 70.8 Å². The van der Waals surface area contributed by atoms with E-state index in [0.29, 0.717) is 30.0 Å². The number of rotatable bonds is 14. The number of anilines is 3. The maximum Gasteiger partial charge on any atom is 0.412 e. The highest BCUT2D eigenvalue weighted by atomic mass is 35.5. The third-order valence-electron chi connectivity index (χ3n) is 12.7. The van der Waals surface area contributed by atoms with Crippen LogP contribution in [0.5, 0.6) is 5.75 Å². The van der Waals surface area contributed by atoms with E-state index in [9.17, 15) is 33.9 Å². The molecule has 2 aromatic rings. The number of methoxy groups -OCH3 is 2. The number of amides is 7. The van der Waals surface area contributed by atoms with Crippen LogP contribution in [0.3, 0.4) is 0 Å². The van der Waals surface area contributed by atoms with E-state index in [1.54, 1.807) is 52.2 Å². The summed E-state index contributed by atoms with van der Waals surface area (Å²) in [5.41, 5.74) is 4.63. The smallest absolute Gasteiger partial charge is 0.412 e. The summed E-state index contributed by atoms with van der Waals surface area (Å²) in [4.78, 5) is 80.8. The summed E-state index contributed by atoms with van der Waals surface area (Å²) in [6, 6.07) is 7.10. The molecule has 0 aromatic heterocycles. The topological polar surface area (TPSA) is 286 Å². The van der Waals surface area contributed by atoms with Gasteiger partial charge >= 0.3 is 18.2 Å². The number of urea groups is 1. The largest absolute Gasteiger partial charge is 0.495 e. The number of hydrogen-bond acceptors (Lipinski definition) is 13. The van der Waals surface area contributed by atoms with Gasteiger partial charge in [0.05, 0.1) is 25.3 Å². The molecule has 3 aliphatic heterocycles. The second kappa shape index (κ2) is 24.3. The SMILES string of the molecule is CNC(=S)N[C@H](C(=O)N[C@@H](CCCNC(N)=O)C(=O)Nc1ccc(NC(=O)O[C@H]2CC(=O)N(C)c3cc(cc(OC)c3Cl)C/C(C)=C/C=C/[C@@H](OC)[C@@]3(O)C[C@H](OC(=O)N3)[C@@H](C)[C@@H]3O[C@@]23C)cc1)C(C)C. The number of fused-ring (bicyclic) bond motifs is 5. The molecule has 2 aromatic carbocycles. The zero-order valence-electron chi connectivity index (χ0n) is 41.3. The molecule has 10 N–H and O–H groups in total. The molecule has 4 bridgehead atoms. The molecule has 3 heterocycles. The predicted molar refractivity (Wildman–Crippen MR) is 270 cm³/mol. The number of halogens is 1. The fraction of sp³-hybridized carbons (Fsp3) is 0.521. The molecule has 9 atom stereocenters. The first-order valence-electron chi connectivity index (χ1n) is 23.1. The Hall–Kier alpha value is -6.20.